The lowest BCUT2D eigenvalue weighted by Crippen LogP contribution is -2.56. The van der Waals surface area contributed by atoms with E-state index in [0.717, 1.165) is 23.3 Å². The maximum absolute atomic E-state index is 12.7. The third-order valence-corrected chi connectivity index (χ3v) is 4.98. The van der Waals surface area contributed by atoms with Crippen molar-refractivity contribution in [1.82, 2.24) is 16.0 Å². The van der Waals surface area contributed by atoms with Gasteiger partial charge in [-0.15, -0.1) is 0 Å². The molecule has 2 aromatic rings. The van der Waals surface area contributed by atoms with Gasteiger partial charge in [0.1, 0.15) is 6.17 Å². The van der Waals surface area contributed by atoms with Crippen LogP contribution in [-0.2, 0) is 15.8 Å². The molecule has 1 saturated heterocycles. The SMILES string of the molecule is Cc1ccccc1C1NC(=O)CC(C(=O)N[C@H](C)c2ccc(C(F)(F)F)cc2)N1. The highest BCUT2D eigenvalue weighted by Crippen LogP contribution is 2.30. The molecule has 3 rings (SSSR count). The lowest BCUT2D eigenvalue weighted by Gasteiger charge is -2.32. The molecule has 154 valence electrons. The van der Waals surface area contributed by atoms with Crippen molar-refractivity contribution in [3.63, 3.8) is 0 Å². The molecule has 1 fully saturated rings. The molecule has 0 aromatic heterocycles. The number of nitrogens with one attached hydrogen (secondary N) is 3. The van der Waals surface area contributed by atoms with Gasteiger partial charge in [0.15, 0.2) is 0 Å². The van der Waals surface area contributed by atoms with E-state index in [9.17, 15) is 22.8 Å². The zero-order valence-corrected chi connectivity index (χ0v) is 16.0. The van der Waals surface area contributed by atoms with Crippen LogP contribution in [0, 0.1) is 6.92 Å². The van der Waals surface area contributed by atoms with Gasteiger partial charge in [0.2, 0.25) is 11.8 Å². The van der Waals surface area contributed by atoms with E-state index >= 15 is 0 Å². The van der Waals surface area contributed by atoms with Crippen LogP contribution in [0.2, 0.25) is 0 Å². The van der Waals surface area contributed by atoms with E-state index in [0.29, 0.717) is 5.56 Å². The minimum Gasteiger partial charge on any atom is -0.348 e. The summed E-state index contributed by atoms with van der Waals surface area (Å²) in [6, 6.07) is 10.9. The number of hydrogen-bond acceptors (Lipinski definition) is 3. The van der Waals surface area contributed by atoms with Crippen LogP contribution in [0.4, 0.5) is 13.2 Å². The van der Waals surface area contributed by atoms with Crippen LogP contribution in [0.1, 0.15) is 47.8 Å². The average molecular weight is 405 g/mol. The van der Waals surface area contributed by atoms with Crippen LogP contribution in [0.3, 0.4) is 0 Å². The molecule has 8 heteroatoms. The number of benzene rings is 2. The lowest BCUT2D eigenvalue weighted by atomic mass is 10.0. The van der Waals surface area contributed by atoms with Crippen LogP contribution in [0.25, 0.3) is 0 Å². The molecule has 3 N–H and O–H groups in total. The largest absolute Gasteiger partial charge is 0.416 e. The molecule has 1 aliphatic heterocycles. The number of hydrogen-bond donors (Lipinski definition) is 3. The molecule has 0 spiro atoms. The van der Waals surface area contributed by atoms with E-state index in [1.54, 1.807) is 6.92 Å². The zero-order chi connectivity index (χ0) is 21.2. The first-order chi connectivity index (χ1) is 13.6. The predicted octanol–water partition coefficient (Wildman–Crippen LogP) is 3.37. The first kappa shape index (κ1) is 20.9. The highest BCUT2D eigenvalue weighted by atomic mass is 19.4. The normalized spacial score (nSPS) is 20.7. The van der Waals surface area contributed by atoms with Gasteiger partial charge in [-0.2, -0.15) is 13.2 Å². The maximum atomic E-state index is 12.7. The molecule has 0 aliphatic carbocycles. The molecular weight excluding hydrogens is 383 g/mol. The summed E-state index contributed by atoms with van der Waals surface area (Å²) >= 11 is 0. The summed E-state index contributed by atoms with van der Waals surface area (Å²) in [6.07, 6.45) is -4.92. The van der Waals surface area contributed by atoms with E-state index in [1.165, 1.54) is 12.1 Å². The quantitative estimate of drug-likeness (QED) is 0.731. The molecular formula is C21H22F3N3O2. The van der Waals surface area contributed by atoms with Crippen molar-refractivity contribution in [3.05, 3.63) is 70.8 Å². The van der Waals surface area contributed by atoms with Crippen molar-refractivity contribution in [1.29, 1.82) is 0 Å². The number of carbonyl (C=O) groups is 2. The minimum absolute atomic E-state index is 0.0199. The van der Waals surface area contributed by atoms with Crippen LogP contribution in [0.5, 0.6) is 0 Å². The monoisotopic (exact) mass is 405 g/mol. The third-order valence-electron chi connectivity index (χ3n) is 4.98. The molecule has 0 radical (unpaired) electrons. The Morgan fingerprint density at radius 1 is 1.14 bits per heavy atom. The summed E-state index contributed by atoms with van der Waals surface area (Å²) in [5.41, 5.74) is 1.65. The smallest absolute Gasteiger partial charge is 0.348 e. The highest BCUT2D eigenvalue weighted by molar-refractivity contribution is 5.89. The Hall–Kier alpha value is -2.87. The topological polar surface area (TPSA) is 70.2 Å². The fourth-order valence-corrected chi connectivity index (χ4v) is 3.31. The second-order valence-electron chi connectivity index (χ2n) is 7.13. The number of carbonyl (C=O) groups excluding carboxylic acids is 2. The molecule has 3 atom stereocenters. The van der Waals surface area contributed by atoms with Crippen molar-refractivity contribution < 1.29 is 22.8 Å². The standard InChI is InChI=1S/C21H22F3N3O2/c1-12-5-3-4-6-16(12)19-26-17(11-18(28)27-19)20(29)25-13(2)14-7-9-15(10-8-14)21(22,23)24/h3-10,13,17,19,26H,11H2,1-2H3,(H,25,29)(H,27,28)/t13-,17?,19?/m1/s1. The molecule has 0 bridgehead atoms. The molecule has 2 amide bonds. The summed E-state index contributed by atoms with van der Waals surface area (Å²) < 4.78 is 38.1. The zero-order valence-electron chi connectivity index (χ0n) is 16.0. The Morgan fingerprint density at radius 2 is 1.79 bits per heavy atom. The van der Waals surface area contributed by atoms with E-state index < -0.39 is 30.0 Å². The number of amides is 2. The van der Waals surface area contributed by atoms with Crippen LogP contribution in [0.15, 0.2) is 48.5 Å². The minimum atomic E-state index is -4.41. The Bertz CT molecular complexity index is 897. The van der Waals surface area contributed by atoms with Gasteiger partial charge in [-0.25, -0.2) is 0 Å². The number of alkyl halides is 3. The first-order valence-electron chi connectivity index (χ1n) is 9.23. The van der Waals surface area contributed by atoms with Crippen LogP contribution in [-0.4, -0.2) is 17.9 Å². The summed E-state index contributed by atoms with van der Waals surface area (Å²) in [5.74, 6) is -0.634. The van der Waals surface area contributed by atoms with Crippen molar-refractivity contribution >= 4 is 11.8 Å². The van der Waals surface area contributed by atoms with Crippen molar-refractivity contribution in [3.8, 4) is 0 Å². The van der Waals surface area contributed by atoms with Gasteiger partial charge in [-0.05, 0) is 42.7 Å². The molecule has 1 heterocycles. The lowest BCUT2D eigenvalue weighted by molar-refractivity contribution is -0.137. The van der Waals surface area contributed by atoms with Crippen LogP contribution >= 0.6 is 0 Å². The number of rotatable bonds is 4. The van der Waals surface area contributed by atoms with Gasteiger partial charge >= 0.3 is 6.18 Å². The second-order valence-corrected chi connectivity index (χ2v) is 7.13. The molecule has 0 saturated carbocycles. The van der Waals surface area contributed by atoms with E-state index in [2.05, 4.69) is 16.0 Å². The predicted molar refractivity (Wildman–Crippen MR) is 102 cm³/mol. The summed E-state index contributed by atoms with van der Waals surface area (Å²) in [7, 11) is 0. The summed E-state index contributed by atoms with van der Waals surface area (Å²) in [5, 5.41) is 8.73. The van der Waals surface area contributed by atoms with Gasteiger partial charge < -0.3 is 10.6 Å². The number of halogens is 3. The Morgan fingerprint density at radius 3 is 2.41 bits per heavy atom. The van der Waals surface area contributed by atoms with Gasteiger partial charge in [-0.1, -0.05) is 36.4 Å². The van der Waals surface area contributed by atoms with Crippen molar-refractivity contribution in [2.45, 2.75) is 44.7 Å². The van der Waals surface area contributed by atoms with Gasteiger partial charge in [0.25, 0.3) is 0 Å². The summed E-state index contributed by atoms with van der Waals surface area (Å²) in [4.78, 5) is 24.8. The van der Waals surface area contributed by atoms with Crippen molar-refractivity contribution in [2.75, 3.05) is 0 Å². The maximum Gasteiger partial charge on any atom is 0.416 e. The van der Waals surface area contributed by atoms with Crippen molar-refractivity contribution in [2.24, 2.45) is 0 Å². The molecule has 5 nitrogen and oxygen atoms in total. The van der Waals surface area contributed by atoms with E-state index in [4.69, 9.17) is 0 Å². The molecule has 2 aromatic carbocycles. The van der Waals surface area contributed by atoms with Gasteiger partial charge in [0, 0.05) is 0 Å². The molecule has 1 aliphatic rings. The van der Waals surface area contributed by atoms with Crippen LogP contribution < -0.4 is 16.0 Å². The summed E-state index contributed by atoms with van der Waals surface area (Å²) in [6.45, 7) is 3.60. The molecule has 2 unspecified atom stereocenters. The fraction of sp³-hybridized carbons (Fsp3) is 0.333. The van der Waals surface area contributed by atoms with Gasteiger partial charge in [-0.3, -0.25) is 14.9 Å². The highest BCUT2D eigenvalue weighted by Gasteiger charge is 2.33. The van der Waals surface area contributed by atoms with E-state index in [-0.39, 0.29) is 18.2 Å². The third kappa shape index (κ3) is 4.95. The fourth-order valence-electron chi connectivity index (χ4n) is 3.31. The Labute approximate surface area is 166 Å². The second kappa shape index (κ2) is 8.24. The Kier molecular flexibility index (Phi) is 5.93. The van der Waals surface area contributed by atoms with Gasteiger partial charge in [0.05, 0.1) is 24.1 Å². The molecule has 29 heavy (non-hydrogen) atoms. The van der Waals surface area contributed by atoms with E-state index in [1.807, 2.05) is 31.2 Å². The Balaban J connectivity index is 1.68. The first-order valence-corrected chi connectivity index (χ1v) is 9.23. The average Bonchev–Trinajstić information content (AvgIpc) is 2.67. The number of aryl methyl sites for hydroxylation is 1.